The average Bonchev–Trinajstić information content (AvgIpc) is 2.51. The van der Waals surface area contributed by atoms with Gasteiger partial charge in [0.2, 0.25) is 0 Å². The van der Waals surface area contributed by atoms with Crippen molar-refractivity contribution in [2.45, 2.75) is 6.54 Å². The summed E-state index contributed by atoms with van der Waals surface area (Å²) < 4.78 is 0. The first-order chi connectivity index (χ1) is 10.6. The van der Waals surface area contributed by atoms with Gasteiger partial charge in [0, 0.05) is 37.5 Å². The van der Waals surface area contributed by atoms with Crippen molar-refractivity contribution in [3.05, 3.63) is 68.2 Å². The molecule has 2 N–H and O–H groups in total. The molecule has 0 heterocycles. The number of benzene rings is 2. The predicted octanol–water partition coefficient (Wildman–Crippen LogP) is 4.53. The van der Waals surface area contributed by atoms with Crippen LogP contribution in [0.5, 0.6) is 0 Å². The Morgan fingerprint density at radius 3 is 2.30 bits per heavy atom. The van der Waals surface area contributed by atoms with E-state index in [4.69, 9.17) is 23.2 Å². The number of nitro groups is 1. The maximum Gasteiger partial charge on any atom is 0.269 e. The van der Waals surface area contributed by atoms with Crippen LogP contribution < -0.4 is 10.6 Å². The van der Waals surface area contributed by atoms with Crippen LogP contribution in [0.1, 0.15) is 5.56 Å². The molecule has 0 saturated carbocycles. The van der Waals surface area contributed by atoms with Crippen molar-refractivity contribution in [2.24, 2.45) is 0 Å². The largest absolute Gasteiger partial charge is 0.384 e. The Balaban J connectivity index is 0.00000264. The summed E-state index contributed by atoms with van der Waals surface area (Å²) in [6.45, 7) is 2.15. The molecule has 0 aromatic heterocycles. The molecule has 2 aromatic rings. The first-order valence-electron chi connectivity index (χ1n) is 6.69. The Labute approximate surface area is 150 Å². The molecule has 0 atom stereocenters. The summed E-state index contributed by atoms with van der Waals surface area (Å²) >= 11 is 11.8. The highest BCUT2D eigenvalue weighted by Crippen LogP contribution is 2.22. The minimum absolute atomic E-state index is 0. The van der Waals surface area contributed by atoms with E-state index in [9.17, 15) is 10.1 Å². The molecule has 0 radical (unpaired) electrons. The summed E-state index contributed by atoms with van der Waals surface area (Å²) in [6, 6.07) is 11.9. The average molecular weight is 377 g/mol. The Morgan fingerprint density at radius 1 is 1.00 bits per heavy atom. The molecule has 8 heteroatoms. The molecule has 5 nitrogen and oxygen atoms in total. The number of anilines is 1. The Bertz CT molecular complexity index is 651. The van der Waals surface area contributed by atoms with Gasteiger partial charge in [0.15, 0.2) is 0 Å². The van der Waals surface area contributed by atoms with Gasteiger partial charge in [-0.3, -0.25) is 10.1 Å². The van der Waals surface area contributed by atoms with Crippen LogP contribution in [0.15, 0.2) is 42.5 Å². The molecule has 0 fully saturated rings. The number of nitrogens with one attached hydrogen (secondary N) is 2. The molecule has 2 aromatic carbocycles. The Morgan fingerprint density at radius 2 is 1.70 bits per heavy atom. The van der Waals surface area contributed by atoms with Gasteiger partial charge in [0.05, 0.1) is 15.0 Å². The number of rotatable bonds is 7. The number of hydrogen-bond donors (Lipinski definition) is 2. The maximum absolute atomic E-state index is 10.5. The Hall–Kier alpha value is -1.53. The van der Waals surface area contributed by atoms with E-state index >= 15 is 0 Å². The lowest BCUT2D eigenvalue weighted by atomic mass is 10.2. The third kappa shape index (κ3) is 6.23. The highest BCUT2D eigenvalue weighted by molar-refractivity contribution is 6.42. The second kappa shape index (κ2) is 9.57. The molecule has 2 rings (SSSR count). The van der Waals surface area contributed by atoms with Gasteiger partial charge in [-0.15, -0.1) is 12.4 Å². The molecule has 0 spiro atoms. The summed E-state index contributed by atoms with van der Waals surface area (Å²) in [7, 11) is 0. The maximum atomic E-state index is 10.5. The van der Waals surface area contributed by atoms with Crippen molar-refractivity contribution in [2.75, 3.05) is 18.4 Å². The van der Waals surface area contributed by atoms with Gasteiger partial charge in [-0.05, 0) is 29.8 Å². The standard InChI is InChI=1S/C15H15Cl2N3O2.ClH/c16-14-6-1-11(9-15(14)17)10-18-7-8-19-12-2-4-13(5-3-12)20(21)22;/h1-6,9,18-19H,7-8,10H2;1H. The van der Waals surface area contributed by atoms with Gasteiger partial charge in [0.25, 0.3) is 5.69 Å². The van der Waals surface area contributed by atoms with Crippen LogP contribution in [-0.4, -0.2) is 18.0 Å². The molecular formula is C15H16Cl3N3O2. The lowest BCUT2D eigenvalue weighted by Gasteiger charge is -2.08. The van der Waals surface area contributed by atoms with E-state index in [1.54, 1.807) is 18.2 Å². The minimum Gasteiger partial charge on any atom is -0.384 e. The van der Waals surface area contributed by atoms with Gasteiger partial charge >= 0.3 is 0 Å². The third-order valence-corrected chi connectivity index (χ3v) is 3.76. The van der Waals surface area contributed by atoms with Crippen LogP contribution in [0.25, 0.3) is 0 Å². The second-order valence-electron chi connectivity index (χ2n) is 4.66. The van der Waals surface area contributed by atoms with Crippen molar-refractivity contribution >= 4 is 47.0 Å². The van der Waals surface area contributed by atoms with Crippen molar-refractivity contribution in [1.29, 1.82) is 0 Å². The molecule has 0 amide bonds. The molecule has 0 aliphatic rings. The Kier molecular flexibility index (Phi) is 8.12. The molecule has 0 unspecified atom stereocenters. The monoisotopic (exact) mass is 375 g/mol. The zero-order chi connectivity index (χ0) is 15.9. The number of non-ortho nitro benzene ring substituents is 1. The minimum atomic E-state index is -0.414. The summed E-state index contributed by atoms with van der Waals surface area (Å²) in [5, 5.41) is 18.1. The van der Waals surface area contributed by atoms with E-state index in [-0.39, 0.29) is 18.1 Å². The van der Waals surface area contributed by atoms with E-state index in [1.165, 1.54) is 12.1 Å². The van der Waals surface area contributed by atoms with Crippen LogP contribution in [0.2, 0.25) is 10.0 Å². The number of hydrogen-bond acceptors (Lipinski definition) is 4. The van der Waals surface area contributed by atoms with Crippen LogP contribution in [-0.2, 0) is 6.54 Å². The fourth-order valence-electron chi connectivity index (χ4n) is 1.88. The van der Waals surface area contributed by atoms with Crippen molar-refractivity contribution < 1.29 is 4.92 Å². The molecule has 124 valence electrons. The number of nitrogens with zero attached hydrogens (tertiary/aromatic N) is 1. The molecule has 0 aliphatic heterocycles. The second-order valence-corrected chi connectivity index (χ2v) is 5.47. The topological polar surface area (TPSA) is 67.2 Å². The zero-order valence-corrected chi connectivity index (χ0v) is 14.4. The quantitative estimate of drug-likeness (QED) is 0.423. The predicted molar refractivity (Wildman–Crippen MR) is 97.0 cm³/mol. The van der Waals surface area contributed by atoms with Crippen molar-refractivity contribution in [1.82, 2.24) is 5.32 Å². The fraction of sp³-hybridized carbons (Fsp3) is 0.200. The summed E-state index contributed by atoms with van der Waals surface area (Å²) in [4.78, 5) is 10.1. The molecule has 0 saturated heterocycles. The SMILES string of the molecule is Cl.O=[N+]([O-])c1ccc(NCCNCc2ccc(Cl)c(Cl)c2)cc1. The van der Waals surface area contributed by atoms with Crippen molar-refractivity contribution in [3.8, 4) is 0 Å². The van der Waals surface area contributed by atoms with E-state index < -0.39 is 4.92 Å². The molecule has 0 bridgehead atoms. The first kappa shape index (κ1) is 19.5. The van der Waals surface area contributed by atoms with Gasteiger partial charge in [-0.25, -0.2) is 0 Å². The third-order valence-electron chi connectivity index (χ3n) is 3.02. The van der Waals surface area contributed by atoms with Gasteiger partial charge in [0.1, 0.15) is 0 Å². The first-order valence-corrected chi connectivity index (χ1v) is 7.45. The lowest BCUT2D eigenvalue weighted by Crippen LogP contribution is -2.21. The summed E-state index contributed by atoms with van der Waals surface area (Å²) in [5.74, 6) is 0. The van der Waals surface area contributed by atoms with Crippen molar-refractivity contribution in [3.63, 3.8) is 0 Å². The van der Waals surface area contributed by atoms with Crippen LogP contribution in [0.3, 0.4) is 0 Å². The molecular weight excluding hydrogens is 361 g/mol. The number of nitro benzene ring substituents is 1. The summed E-state index contributed by atoms with van der Waals surface area (Å²) in [6.07, 6.45) is 0. The van der Waals surface area contributed by atoms with Gasteiger partial charge < -0.3 is 10.6 Å². The molecule has 23 heavy (non-hydrogen) atoms. The normalized spacial score (nSPS) is 10.0. The van der Waals surface area contributed by atoms with E-state index in [2.05, 4.69) is 10.6 Å². The molecule has 0 aliphatic carbocycles. The van der Waals surface area contributed by atoms with Gasteiger partial charge in [-0.1, -0.05) is 29.3 Å². The van der Waals surface area contributed by atoms with E-state index in [1.807, 2.05) is 12.1 Å². The fourth-order valence-corrected chi connectivity index (χ4v) is 2.20. The van der Waals surface area contributed by atoms with Gasteiger partial charge in [-0.2, -0.15) is 0 Å². The lowest BCUT2D eigenvalue weighted by molar-refractivity contribution is -0.384. The smallest absolute Gasteiger partial charge is 0.269 e. The van der Waals surface area contributed by atoms with Crippen LogP contribution >= 0.6 is 35.6 Å². The van der Waals surface area contributed by atoms with Crippen LogP contribution in [0.4, 0.5) is 11.4 Å². The van der Waals surface area contributed by atoms with E-state index in [0.717, 1.165) is 17.8 Å². The zero-order valence-electron chi connectivity index (χ0n) is 12.1. The van der Waals surface area contributed by atoms with Crippen LogP contribution in [0, 0.1) is 10.1 Å². The summed E-state index contributed by atoms with van der Waals surface area (Å²) in [5.41, 5.74) is 2.00. The highest BCUT2D eigenvalue weighted by Gasteiger charge is 2.03. The highest BCUT2D eigenvalue weighted by atomic mass is 35.5. The van der Waals surface area contributed by atoms with E-state index in [0.29, 0.717) is 23.1 Å². The number of halogens is 3.